The van der Waals surface area contributed by atoms with Gasteiger partial charge >= 0.3 is 0 Å². The molecule has 76 valence electrons. The van der Waals surface area contributed by atoms with Gasteiger partial charge in [-0.1, -0.05) is 50.3 Å². The van der Waals surface area contributed by atoms with Gasteiger partial charge in [0.1, 0.15) is 0 Å². The van der Waals surface area contributed by atoms with E-state index in [4.69, 9.17) is 0 Å². The van der Waals surface area contributed by atoms with Crippen molar-refractivity contribution in [3.05, 3.63) is 48.6 Å². The van der Waals surface area contributed by atoms with Gasteiger partial charge in [0.2, 0.25) is 0 Å². The summed E-state index contributed by atoms with van der Waals surface area (Å²) >= 11 is 0. The van der Waals surface area contributed by atoms with E-state index in [9.17, 15) is 5.11 Å². The van der Waals surface area contributed by atoms with Crippen molar-refractivity contribution in [2.75, 3.05) is 0 Å². The molecule has 0 saturated carbocycles. The minimum Gasteiger partial charge on any atom is -0.388 e. The molecule has 0 spiro atoms. The molecule has 1 N–H and O–H groups in total. The van der Waals surface area contributed by atoms with E-state index >= 15 is 0 Å². The Balaban J connectivity index is 2.94. The maximum atomic E-state index is 10.2. The van der Waals surface area contributed by atoms with E-state index in [0.717, 1.165) is 12.0 Å². The molecule has 1 aromatic carbocycles. The largest absolute Gasteiger partial charge is 0.388 e. The highest BCUT2D eigenvalue weighted by Crippen LogP contribution is 2.37. The average Bonchev–Trinajstić information content (AvgIpc) is 2.28. The fraction of sp³-hybridized carbons (Fsp3) is 0.385. The zero-order chi connectivity index (χ0) is 10.6. The lowest BCUT2D eigenvalue weighted by Crippen LogP contribution is -2.22. The summed E-state index contributed by atoms with van der Waals surface area (Å²) < 4.78 is 0. The first-order chi connectivity index (χ1) is 6.64. The number of aliphatic hydroxyl groups is 1. The monoisotopic (exact) mass is 190 g/mol. The van der Waals surface area contributed by atoms with Gasteiger partial charge in [0, 0.05) is 5.41 Å². The molecular formula is C13H18O. The molecule has 0 aliphatic heterocycles. The van der Waals surface area contributed by atoms with Crippen LogP contribution in [0.4, 0.5) is 0 Å². The molecule has 0 aliphatic rings. The molecule has 0 heterocycles. The standard InChI is InChI=1S/C13H18O/c1-4-13(3,5-2)12(14)11-9-7-6-8-10-11/h4,6-10,12,14H,1,5H2,2-3H3/t12-,13+/m0/s1. The quantitative estimate of drug-likeness (QED) is 0.722. The van der Waals surface area contributed by atoms with Crippen LogP contribution in [-0.4, -0.2) is 5.11 Å². The van der Waals surface area contributed by atoms with Crippen molar-refractivity contribution in [3.63, 3.8) is 0 Å². The second-order valence-electron chi connectivity index (χ2n) is 3.88. The highest BCUT2D eigenvalue weighted by molar-refractivity contribution is 5.21. The van der Waals surface area contributed by atoms with E-state index in [1.807, 2.05) is 43.3 Å². The lowest BCUT2D eigenvalue weighted by Gasteiger charge is -2.30. The van der Waals surface area contributed by atoms with Crippen molar-refractivity contribution >= 4 is 0 Å². The third kappa shape index (κ3) is 2.05. The van der Waals surface area contributed by atoms with Crippen LogP contribution >= 0.6 is 0 Å². The van der Waals surface area contributed by atoms with E-state index in [2.05, 4.69) is 13.5 Å². The highest BCUT2D eigenvalue weighted by Gasteiger charge is 2.28. The van der Waals surface area contributed by atoms with E-state index < -0.39 is 6.10 Å². The first kappa shape index (κ1) is 11.0. The molecule has 0 aromatic heterocycles. The van der Waals surface area contributed by atoms with Gasteiger partial charge in [-0.15, -0.1) is 6.58 Å². The summed E-state index contributed by atoms with van der Waals surface area (Å²) in [5.74, 6) is 0. The minimum atomic E-state index is -0.466. The third-order valence-electron chi connectivity index (χ3n) is 2.97. The van der Waals surface area contributed by atoms with Crippen molar-refractivity contribution in [1.29, 1.82) is 0 Å². The molecule has 0 radical (unpaired) electrons. The van der Waals surface area contributed by atoms with Crippen molar-refractivity contribution in [2.24, 2.45) is 5.41 Å². The maximum absolute atomic E-state index is 10.2. The predicted molar refractivity (Wildman–Crippen MR) is 60.0 cm³/mol. The van der Waals surface area contributed by atoms with Gasteiger partial charge in [-0.25, -0.2) is 0 Å². The Hall–Kier alpha value is -1.08. The summed E-state index contributed by atoms with van der Waals surface area (Å²) in [7, 11) is 0. The van der Waals surface area contributed by atoms with Crippen LogP contribution in [0.25, 0.3) is 0 Å². The molecule has 0 fully saturated rings. The molecule has 1 aromatic rings. The normalized spacial score (nSPS) is 17.1. The molecule has 14 heavy (non-hydrogen) atoms. The Kier molecular flexibility index (Phi) is 3.48. The number of hydrogen-bond donors (Lipinski definition) is 1. The third-order valence-corrected chi connectivity index (χ3v) is 2.97. The van der Waals surface area contributed by atoms with Crippen LogP contribution < -0.4 is 0 Å². The number of aliphatic hydroxyl groups excluding tert-OH is 1. The van der Waals surface area contributed by atoms with Crippen LogP contribution in [0.15, 0.2) is 43.0 Å². The lowest BCUT2D eigenvalue weighted by atomic mass is 9.79. The molecule has 0 aliphatic carbocycles. The van der Waals surface area contributed by atoms with E-state index in [-0.39, 0.29) is 5.41 Å². The molecule has 0 unspecified atom stereocenters. The topological polar surface area (TPSA) is 20.2 Å². The van der Waals surface area contributed by atoms with Crippen molar-refractivity contribution in [3.8, 4) is 0 Å². The summed E-state index contributed by atoms with van der Waals surface area (Å²) in [6.07, 6.45) is 2.25. The molecule has 0 amide bonds. The summed E-state index contributed by atoms with van der Waals surface area (Å²) in [6.45, 7) is 7.88. The molecule has 1 rings (SSSR count). The summed E-state index contributed by atoms with van der Waals surface area (Å²) in [5, 5.41) is 10.2. The zero-order valence-corrected chi connectivity index (χ0v) is 8.90. The molecule has 2 atom stereocenters. The summed E-state index contributed by atoms with van der Waals surface area (Å²) in [5.41, 5.74) is 0.721. The fourth-order valence-electron chi connectivity index (χ4n) is 1.47. The second-order valence-corrected chi connectivity index (χ2v) is 3.88. The van der Waals surface area contributed by atoms with Crippen molar-refractivity contribution in [2.45, 2.75) is 26.4 Å². The van der Waals surface area contributed by atoms with Crippen LogP contribution in [0.2, 0.25) is 0 Å². The Labute approximate surface area is 86.1 Å². The highest BCUT2D eigenvalue weighted by atomic mass is 16.3. The number of hydrogen-bond acceptors (Lipinski definition) is 1. The van der Waals surface area contributed by atoms with Crippen LogP contribution in [-0.2, 0) is 0 Å². The SMILES string of the molecule is C=C[C@](C)(CC)[C@@H](O)c1ccccc1. The number of rotatable bonds is 4. The molecule has 0 bridgehead atoms. The van der Waals surface area contributed by atoms with Gasteiger partial charge in [0.05, 0.1) is 6.10 Å². The van der Waals surface area contributed by atoms with Crippen LogP contribution in [0.1, 0.15) is 31.9 Å². The molecular weight excluding hydrogens is 172 g/mol. The first-order valence-electron chi connectivity index (χ1n) is 5.00. The van der Waals surface area contributed by atoms with E-state index in [1.54, 1.807) is 0 Å². The predicted octanol–water partition coefficient (Wildman–Crippen LogP) is 3.32. The Morgan fingerprint density at radius 3 is 2.43 bits per heavy atom. The average molecular weight is 190 g/mol. The van der Waals surface area contributed by atoms with Crippen LogP contribution in [0.5, 0.6) is 0 Å². The van der Waals surface area contributed by atoms with Crippen LogP contribution in [0.3, 0.4) is 0 Å². The smallest absolute Gasteiger partial charge is 0.0877 e. The van der Waals surface area contributed by atoms with Gasteiger partial charge in [0.25, 0.3) is 0 Å². The van der Waals surface area contributed by atoms with Crippen molar-refractivity contribution in [1.82, 2.24) is 0 Å². The molecule has 1 heteroatoms. The van der Waals surface area contributed by atoms with Crippen LogP contribution in [0, 0.1) is 5.41 Å². The Morgan fingerprint density at radius 2 is 2.00 bits per heavy atom. The van der Waals surface area contributed by atoms with Gasteiger partial charge in [-0.3, -0.25) is 0 Å². The maximum Gasteiger partial charge on any atom is 0.0877 e. The second kappa shape index (κ2) is 4.43. The Morgan fingerprint density at radius 1 is 1.43 bits per heavy atom. The summed E-state index contributed by atoms with van der Waals surface area (Å²) in [6, 6.07) is 9.73. The Bertz CT molecular complexity index is 291. The zero-order valence-electron chi connectivity index (χ0n) is 8.90. The molecule has 0 saturated heterocycles. The van der Waals surface area contributed by atoms with E-state index in [0.29, 0.717) is 0 Å². The lowest BCUT2D eigenvalue weighted by molar-refractivity contribution is 0.0673. The van der Waals surface area contributed by atoms with Gasteiger partial charge < -0.3 is 5.11 Å². The number of benzene rings is 1. The van der Waals surface area contributed by atoms with Gasteiger partial charge in [0.15, 0.2) is 0 Å². The first-order valence-corrected chi connectivity index (χ1v) is 5.00. The minimum absolute atomic E-state index is 0.235. The van der Waals surface area contributed by atoms with Gasteiger partial charge in [-0.05, 0) is 12.0 Å². The molecule has 1 nitrogen and oxygen atoms in total. The fourth-order valence-corrected chi connectivity index (χ4v) is 1.47. The van der Waals surface area contributed by atoms with E-state index in [1.165, 1.54) is 0 Å². The van der Waals surface area contributed by atoms with Crippen molar-refractivity contribution < 1.29 is 5.11 Å². The van der Waals surface area contributed by atoms with Gasteiger partial charge in [-0.2, -0.15) is 0 Å². The summed E-state index contributed by atoms with van der Waals surface area (Å²) in [4.78, 5) is 0.